The topological polar surface area (TPSA) is 38.8 Å². The summed E-state index contributed by atoms with van der Waals surface area (Å²) < 4.78 is 25.5. The van der Waals surface area contributed by atoms with E-state index in [9.17, 15) is 9.18 Å². The van der Waals surface area contributed by atoms with Gasteiger partial charge in [0.2, 0.25) is 5.91 Å². The van der Waals surface area contributed by atoms with Crippen LogP contribution in [0.2, 0.25) is 0 Å². The quantitative estimate of drug-likeness (QED) is 0.335. The summed E-state index contributed by atoms with van der Waals surface area (Å²) >= 11 is 0. The van der Waals surface area contributed by atoms with Crippen LogP contribution in [0.1, 0.15) is 36.0 Å². The Morgan fingerprint density at radius 3 is 2.56 bits per heavy atom. The molecule has 0 radical (unpaired) electrons. The Labute approximate surface area is 198 Å². The van der Waals surface area contributed by atoms with E-state index in [2.05, 4.69) is 18.2 Å². The van der Waals surface area contributed by atoms with Crippen molar-refractivity contribution in [1.82, 2.24) is 0 Å². The first-order chi connectivity index (χ1) is 16.6. The summed E-state index contributed by atoms with van der Waals surface area (Å²) in [5.41, 5.74) is 3.58. The van der Waals surface area contributed by atoms with Crippen molar-refractivity contribution in [3.8, 4) is 11.5 Å². The molecule has 4 nitrogen and oxygen atoms in total. The van der Waals surface area contributed by atoms with E-state index < -0.39 is 0 Å². The fourth-order valence-corrected chi connectivity index (χ4v) is 4.83. The summed E-state index contributed by atoms with van der Waals surface area (Å²) in [5.74, 6) is 0.786. The molecule has 5 heteroatoms. The SMILES string of the molecule is CCN1C(=O)CC(c2ccc(OCc3ccccc3F)c(OC)c2)c2c1ccc1ccccc21. The zero-order chi connectivity index (χ0) is 23.7. The number of methoxy groups -OCH3 is 1. The summed E-state index contributed by atoms with van der Waals surface area (Å²) in [4.78, 5) is 14.9. The summed E-state index contributed by atoms with van der Waals surface area (Å²) in [5, 5.41) is 2.29. The average Bonchev–Trinajstić information content (AvgIpc) is 2.87. The van der Waals surface area contributed by atoms with E-state index in [1.165, 1.54) is 6.07 Å². The molecule has 1 atom stereocenters. The van der Waals surface area contributed by atoms with Crippen molar-refractivity contribution >= 4 is 22.4 Å². The Kier molecular flexibility index (Phi) is 5.93. The molecule has 0 fully saturated rings. The van der Waals surface area contributed by atoms with Crippen LogP contribution in [0.15, 0.2) is 78.9 Å². The van der Waals surface area contributed by atoms with E-state index in [0.29, 0.717) is 30.0 Å². The molecule has 34 heavy (non-hydrogen) atoms. The number of hydrogen-bond acceptors (Lipinski definition) is 3. The molecular weight excluding hydrogens is 429 g/mol. The molecule has 172 valence electrons. The van der Waals surface area contributed by atoms with E-state index >= 15 is 0 Å². The molecule has 1 heterocycles. The van der Waals surface area contributed by atoms with Crippen LogP contribution in [0, 0.1) is 5.82 Å². The number of benzene rings is 4. The third-order valence-corrected chi connectivity index (χ3v) is 6.51. The summed E-state index contributed by atoms with van der Waals surface area (Å²) in [6.07, 6.45) is 0.382. The van der Waals surface area contributed by atoms with Crippen molar-refractivity contribution in [3.05, 3.63) is 101 Å². The van der Waals surface area contributed by atoms with Gasteiger partial charge in [0, 0.05) is 30.1 Å². The molecule has 1 aliphatic heterocycles. The van der Waals surface area contributed by atoms with E-state index in [1.54, 1.807) is 25.3 Å². The van der Waals surface area contributed by atoms with Crippen LogP contribution >= 0.6 is 0 Å². The Bertz CT molecular complexity index is 1370. The first-order valence-corrected chi connectivity index (χ1v) is 11.5. The first kappa shape index (κ1) is 22.0. The van der Waals surface area contributed by atoms with Crippen LogP contribution in [0.4, 0.5) is 10.1 Å². The fraction of sp³-hybridized carbons (Fsp3) is 0.207. The molecule has 0 aliphatic carbocycles. The Morgan fingerprint density at radius 1 is 0.971 bits per heavy atom. The van der Waals surface area contributed by atoms with Crippen LogP contribution in [-0.4, -0.2) is 19.6 Å². The number of halogens is 1. The standard InChI is InChI=1S/C29H26FNO3/c1-3-31-25-14-12-19-8-4-6-10-22(19)29(25)23(17-28(31)32)20-13-15-26(27(16-20)33-2)34-18-21-9-5-7-11-24(21)30/h4-16,23H,3,17-18H2,1-2H3. The van der Waals surface area contributed by atoms with Gasteiger partial charge in [-0.1, -0.05) is 54.6 Å². The van der Waals surface area contributed by atoms with Gasteiger partial charge in [-0.15, -0.1) is 0 Å². The lowest BCUT2D eigenvalue weighted by molar-refractivity contribution is -0.119. The normalized spacial score (nSPS) is 15.3. The van der Waals surface area contributed by atoms with Crippen molar-refractivity contribution in [3.63, 3.8) is 0 Å². The zero-order valence-electron chi connectivity index (χ0n) is 19.3. The summed E-state index contributed by atoms with van der Waals surface area (Å²) in [6, 6.07) is 24.7. The fourth-order valence-electron chi connectivity index (χ4n) is 4.83. The Balaban J connectivity index is 1.54. The number of anilines is 1. The lowest BCUT2D eigenvalue weighted by atomic mass is 9.81. The molecule has 4 aromatic rings. The molecular formula is C29H26FNO3. The predicted molar refractivity (Wildman–Crippen MR) is 132 cm³/mol. The van der Waals surface area contributed by atoms with E-state index in [0.717, 1.165) is 27.6 Å². The molecule has 0 N–H and O–H groups in total. The van der Waals surface area contributed by atoms with Gasteiger partial charge < -0.3 is 14.4 Å². The first-order valence-electron chi connectivity index (χ1n) is 11.5. The van der Waals surface area contributed by atoms with Crippen LogP contribution in [0.3, 0.4) is 0 Å². The Morgan fingerprint density at radius 2 is 1.76 bits per heavy atom. The highest BCUT2D eigenvalue weighted by molar-refractivity contribution is 6.03. The largest absolute Gasteiger partial charge is 0.493 e. The van der Waals surface area contributed by atoms with Gasteiger partial charge in [-0.2, -0.15) is 0 Å². The number of ether oxygens (including phenoxy) is 2. The van der Waals surface area contributed by atoms with Crippen molar-refractivity contribution in [2.75, 3.05) is 18.6 Å². The Hall–Kier alpha value is -3.86. The van der Waals surface area contributed by atoms with Gasteiger partial charge in [0.25, 0.3) is 0 Å². The molecule has 1 aliphatic rings. The second kappa shape index (κ2) is 9.18. The van der Waals surface area contributed by atoms with Gasteiger partial charge in [0.1, 0.15) is 12.4 Å². The maximum Gasteiger partial charge on any atom is 0.227 e. The molecule has 0 saturated carbocycles. The molecule has 0 spiro atoms. The highest BCUT2D eigenvalue weighted by atomic mass is 19.1. The van der Waals surface area contributed by atoms with Gasteiger partial charge in [-0.05, 0) is 53.1 Å². The predicted octanol–water partition coefficient (Wildman–Crippen LogP) is 6.46. The van der Waals surface area contributed by atoms with Crippen LogP contribution < -0.4 is 14.4 Å². The van der Waals surface area contributed by atoms with Gasteiger partial charge in [0.15, 0.2) is 11.5 Å². The summed E-state index contributed by atoms with van der Waals surface area (Å²) in [6.45, 7) is 2.73. The summed E-state index contributed by atoms with van der Waals surface area (Å²) in [7, 11) is 1.59. The number of amides is 1. The van der Waals surface area contributed by atoms with Gasteiger partial charge in [-0.3, -0.25) is 4.79 Å². The number of carbonyl (C=O) groups excluding carboxylic acids is 1. The van der Waals surface area contributed by atoms with Crippen LogP contribution in [0.25, 0.3) is 10.8 Å². The zero-order valence-corrected chi connectivity index (χ0v) is 19.3. The molecule has 0 aromatic heterocycles. The molecule has 5 rings (SSSR count). The maximum absolute atomic E-state index is 14.0. The molecule has 0 saturated heterocycles. The van der Waals surface area contributed by atoms with Crippen LogP contribution in [-0.2, 0) is 11.4 Å². The van der Waals surface area contributed by atoms with Gasteiger partial charge in [-0.25, -0.2) is 4.39 Å². The second-order valence-electron chi connectivity index (χ2n) is 8.40. The molecule has 1 amide bonds. The van der Waals surface area contributed by atoms with E-state index in [-0.39, 0.29) is 24.2 Å². The number of carbonyl (C=O) groups is 1. The number of hydrogen-bond donors (Lipinski definition) is 0. The highest BCUT2D eigenvalue weighted by Crippen LogP contribution is 2.45. The highest BCUT2D eigenvalue weighted by Gasteiger charge is 2.33. The second-order valence-corrected chi connectivity index (χ2v) is 8.40. The minimum atomic E-state index is -0.303. The van der Waals surface area contributed by atoms with Crippen molar-refractivity contribution < 1.29 is 18.7 Å². The van der Waals surface area contributed by atoms with Crippen LogP contribution in [0.5, 0.6) is 11.5 Å². The van der Waals surface area contributed by atoms with Crippen molar-refractivity contribution in [1.29, 1.82) is 0 Å². The number of nitrogens with zero attached hydrogens (tertiary/aromatic N) is 1. The van der Waals surface area contributed by atoms with Gasteiger partial charge >= 0.3 is 0 Å². The third-order valence-electron chi connectivity index (χ3n) is 6.51. The molecule has 4 aromatic carbocycles. The van der Waals surface area contributed by atoms with E-state index in [1.807, 2.05) is 48.2 Å². The van der Waals surface area contributed by atoms with Crippen molar-refractivity contribution in [2.45, 2.75) is 25.9 Å². The maximum atomic E-state index is 14.0. The van der Waals surface area contributed by atoms with Gasteiger partial charge in [0.05, 0.1) is 7.11 Å². The minimum Gasteiger partial charge on any atom is -0.493 e. The minimum absolute atomic E-state index is 0.100. The smallest absolute Gasteiger partial charge is 0.227 e. The van der Waals surface area contributed by atoms with Crippen molar-refractivity contribution in [2.24, 2.45) is 0 Å². The number of rotatable bonds is 6. The lowest BCUT2D eigenvalue weighted by Crippen LogP contribution is -2.36. The third kappa shape index (κ3) is 3.87. The number of fused-ring (bicyclic) bond motifs is 3. The monoisotopic (exact) mass is 455 g/mol. The van der Waals surface area contributed by atoms with E-state index in [4.69, 9.17) is 9.47 Å². The lowest BCUT2D eigenvalue weighted by Gasteiger charge is -2.35. The molecule has 0 bridgehead atoms. The average molecular weight is 456 g/mol. The molecule has 1 unspecified atom stereocenters.